The molecule has 1 atom stereocenters. The third kappa shape index (κ3) is 7.83. The van der Waals surface area contributed by atoms with Crippen molar-refractivity contribution in [2.75, 3.05) is 17.7 Å². The lowest BCUT2D eigenvalue weighted by molar-refractivity contribution is -0.115. The Hall–Kier alpha value is -4.34. The van der Waals surface area contributed by atoms with E-state index >= 15 is 0 Å². The number of rotatable bonds is 10. The third-order valence-corrected chi connectivity index (χ3v) is 7.41. The molecule has 39 heavy (non-hydrogen) atoms. The van der Waals surface area contributed by atoms with E-state index in [0.29, 0.717) is 22.7 Å². The number of thioether (sulfide) groups is 1. The molecule has 4 rings (SSSR count). The zero-order valence-electron chi connectivity index (χ0n) is 21.3. The summed E-state index contributed by atoms with van der Waals surface area (Å²) in [5.41, 5.74) is 1.70. The van der Waals surface area contributed by atoms with E-state index in [0.717, 1.165) is 9.77 Å². The molecule has 1 unspecified atom stereocenters. The second-order valence-corrected chi connectivity index (χ2v) is 10.7. The van der Waals surface area contributed by atoms with Gasteiger partial charge in [-0.15, -0.1) is 23.1 Å². The van der Waals surface area contributed by atoms with Crippen LogP contribution in [0.2, 0.25) is 0 Å². The highest BCUT2D eigenvalue weighted by Gasteiger charge is 2.18. The predicted octanol–water partition coefficient (Wildman–Crippen LogP) is 6.29. The molecule has 7 nitrogen and oxygen atoms in total. The van der Waals surface area contributed by atoms with Gasteiger partial charge in [-0.1, -0.05) is 42.5 Å². The van der Waals surface area contributed by atoms with E-state index in [2.05, 4.69) is 16.0 Å². The lowest BCUT2D eigenvalue weighted by Crippen LogP contribution is -2.30. The Morgan fingerprint density at radius 1 is 0.897 bits per heavy atom. The number of nitrogens with one attached hydrogen (secondary N) is 3. The van der Waals surface area contributed by atoms with Gasteiger partial charge in [0.15, 0.2) is 0 Å². The van der Waals surface area contributed by atoms with Gasteiger partial charge in [-0.2, -0.15) is 0 Å². The number of amides is 3. The van der Waals surface area contributed by atoms with Crippen molar-refractivity contribution in [3.63, 3.8) is 0 Å². The summed E-state index contributed by atoms with van der Waals surface area (Å²) in [6.07, 6.45) is 1.64. The van der Waals surface area contributed by atoms with E-state index in [4.69, 9.17) is 4.74 Å². The van der Waals surface area contributed by atoms with Crippen molar-refractivity contribution in [2.45, 2.75) is 17.1 Å². The van der Waals surface area contributed by atoms with Gasteiger partial charge in [0, 0.05) is 21.0 Å². The van der Waals surface area contributed by atoms with Crippen LogP contribution in [-0.2, 0) is 9.59 Å². The molecule has 0 aliphatic heterocycles. The Labute approximate surface area is 235 Å². The lowest BCUT2D eigenvalue weighted by atomic mass is 10.2. The molecule has 0 aliphatic carbocycles. The Morgan fingerprint density at radius 3 is 2.41 bits per heavy atom. The van der Waals surface area contributed by atoms with Crippen LogP contribution >= 0.6 is 23.1 Å². The number of benzene rings is 3. The number of carbonyl (C=O) groups excluding carboxylic acids is 3. The number of thiophene rings is 1. The molecule has 3 amide bonds. The largest absolute Gasteiger partial charge is 0.495 e. The van der Waals surface area contributed by atoms with Crippen molar-refractivity contribution < 1.29 is 19.1 Å². The number of methoxy groups -OCH3 is 1. The minimum atomic E-state index is -0.461. The van der Waals surface area contributed by atoms with Crippen molar-refractivity contribution in [1.82, 2.24) is 5.32 Å². The molecule has 0 bridgehead atoms. The van der Waals surface area contributed by atoms with Crippen LogP contribution in [0.3, 0.4) is 0 Å². The van der Waals surface area contributed by atoms with Crippen molar-refractivity contribution >= 4 is 58.3 Å². The first-order valence-corrected chi connectivity index (χ1v) is 13.8. The highest BCUT2D eigenvalue weighted by molar-refractivity contribution is 8.00. The molecule has 4 aromatic rings. The third-order valence-electron chi connectivity index (χ3n) is 5.50. The Balaban J connectivity index is 1.44. The van der Waals surface area contributed by atoms with Gasteiger partial charge in [0.25, 0.3) is 11.8 Å². The van der Waals surface area contributed by atoms with Crippen LogP contribution in [-0.4, -0.2) is 30.1 Å². The first-order valence-electron chi connectivity index (χ1n) is 12.1. The summed E-state index contributed by atoms with van der Waals surface area (Å²) in [5.74, 6) is -0.438. The van der Waals surface area contributed by atoms with Gasteiger partial charge in [-0.05, 0) is 66.9 Å². The van der Waals surface area contributed by atoms with Gasteiger partial charge in [0.05, 0.1) is 18.0 Å². The summed E-state index contributed by atoms with van der Waals surface area (Å²) in [7, 11) is 1.55. The predicted molar refractivity (Wildman–Crippen MR) is 158 cm³/mol. The maximum atomic E-state index is 13.2. The van der Waals surface area contributed by atoms with E-state index < -0.39 is 11.2 Å². The molecule has 198 valence electrons. The number of anilines is 2. The quantitative estimate of drug-likeness (QED) is 0.157. The Kier molecular flexibility index (Phi) is 9.55. The normalized spacial score (nSPS) is 11.8. The second kappa shape index (κ2) is 13.5. The molecule has 0 spiro atoms. The lowest BCUT2D eigenvalue weighted by Gasteiger charge is -2.15. The number of hydrogen-bond donors (Lipinski definition) is 3. The maximum Gasteiger partial charge on any atom is 0.272 e. The summed E-state index contributed by atoms with van der Waals surface area (Å²) >= 11 is 2.81. The van der Waals surface area contributed by atoms with Gasteiger partial charge >= 0.3 is 0 Å². The first-order chi connectivity index (χ1) is 18.9. The Bertz CT molecular complexity index is 1470. The molecular weight excluding hydrogens is 530 g/mol. The fraction of sp³-hybridized carbons (Fsp3) is 0.100. The summed E-state index contributed by atoms with van der Waals surface area (Å²) in [5, 5.41) is 9.97. The fourth-order valence-electron chi connectivity index (χ4n) is 3.54. The second-order valence-electron chi connectivity index (χ2n) is 8.33. The molecular formula is C30H27N3O4S2. The summed E-state index contributed by atoms with van der Waals surface area (Å²) in [4.78, 5) is 40.4. The minimum Gasteiger partial charge on any atom is -0.495 e. The van der Waals surface area contributed by atoms with Crippen LogP contribution in [0.1, 0.15) is 22.2 Å². The van der Waals surface area contributed by atoms with Gasteiger partial charge in [-0.3, -0.25) is 14.4 Å². The molecule has 0 saturated carbocycles. The zero-order chi connectivity index (χ0) is 27.6. The molecule has 0 radical (unpaired) electrons. The monoisotopic (exact) mass is 557 g/mol. The number of para-hydroxylation sites is 2. The smallest absolute Gasteiger partial charge is 0.272 e. The highest BCUT2D eigenvalue weighted by Crippen LogP contribution is 2.29. The van der Waals surface area contributed by atoms with Crippen molar-refractivity contribution in [3.05, 3.63) is 113 Å². The van der Waals surface area contributed by atoms with Crippen molar-refractivity contribution in [1.29, 1.82) is 0 Å². The molecule has 1 aromatic heterocycles. The number of hydrogen-bond acceptors (Lipinski definition) is 6. The van der Waals surface area contributed by atoms with Crippen LogP contribution in [0.25, 0.3) is 6.08 Å². The molecule has 1 heterocycles. The standard InChI is InChI=1S/C30H27N3O4S2/c1-20(28(34)32-25-15-6-7-16-27(25)37-2)39-24-13-8-12-22(18-24)31-30(36)26(19-23-14-9-17-38-23)33-29(35)21-10-4-3-5-11-21/h3-20H,1-2H3,(H,31,36)(H,32,34)(H,33,35)/b26-19-. The van der Waals surface area contributed by atoms with Gasteiger partial charge in [0.2, 0.25) is 5.91 Å². The average Bonchev–Trinajstić information content (AvgIpc) is 3.47. The highest BCUT2D eigenvalue weighted by atomic mass is 32.2. The van der Waals surface area contributed by atoms with E-state index in [1.165, 1.54) is 23.1 Å². The molecule has 0 aliphatic rings. The summed E-state index contributed by atoms with van der Waals surface area (Å²) in [6.45, 7) is 1.81. The topological polar surface area (TPSA) is 96.5 Å². The minimum absolute atomic E-state index is 0.119. The van der Waals surface area contributed by atoms with E-state index in [1.807, 2.05) is 48.7 Å². The maximum absolute atomic E-state index is 13.2. The van der Waals surface area contributed by atoms with Crippen LogP contribution < -0.4 is 20.7 Å². The van der Waals surface area contributed by atoms with Crippen LogP contribution in [0.5, 0.6) is 5.75 Å². The van der Waals surface area contributed by atoms with Gasteiger partial charge in [-0.25, -0.2) is 0 Å². The van der Waals surface area contributed by atoms with Crippen LogP contribution in [0, 0.1) is 0 Å². The molecule has 9 heteroatoms. The van der Waals surface area contributed by atoms with Crippen molar-refractivity contribution in [2.24, 2.45) is 0 Å². The molecule has 3 N–H and O–H groups in total. The first kappa shape index (κ1) is 27.7. The van der Waals surface area contributed by atoms with Crippen molar-refractivity contribution in [3.8, 4) is 5.75 Å². The molecule has 3 aromatic carbocycles. The van der Waals surface area contributed by atoms with E-state index in [1.54, 1.807) is 67.8 Å². The van der Waals surface area contributed by atoms with Crippen LogP contribution in [0.4, 0.5) is 11.4 Å². The van der Waals surface area contributed by atoms with E-state index in [9.17, 15) is 14.4 Å². The number of carbonyl (C=O) groups is 3. The molecule has 0 saturated heterocycles. The fourth-order valence-corrected chi connectivity index (χ4v) is 5.13. The summed E-state index contributed by atoms with van der Waals surface area (Å²) < 4.78 is 5.31. The summed E-state index contributed by atoms with van der Waals surface area (Å²) in [6, 6.07) is 26.9. The van der Waals surface area contributed by atoms with Gasteiger partial charge in [0.1, 0.15) is 11.4 Å². The SMILES string of the molecule is COc1ccccc1NC(=O)C(C)Sc1cccc(NC(=O)/C(=C/c2cccs2)NC(=O)c2ccccc2)c1. The number of ether oxygens (including phenoxy) is 1. The van der Waals surface area contributed by atoms with Crippen LogP contribution in [0.15, 0.2) is 107 Å². The molecule has 0 fully saturated rings. The zero-order valence-corrected chi connectivity index (χ0v) is 23.0. The van der Waals surface area contributed by atoms with E-state index in [-0.39, 0.29) is 17.5 Å². The average molecular weight is 558 g/mol. The van der Waals surface area contributed by atoms with Gasteiger partial charge < -0.3 is 20.7 Å². The Morgan fingerprint density at radius 2 is 1.67 bits per heavy atom.